The fraction of sp³-hybridized carbons (Fsp3) is 0.222. The summed E-state index contributed by atoms with van der Waals surface area (Å²) >= 11 is 0. The summed E-state index contributed by atoms with van der Waals surface area (Å²) in [7, 11) is 4.78. The molecule has 0 aliphatic heterocycles. The van der Waals surface area contributed by atoms with Crippen molar-refractivity contribution in [3.05, 3.63) is 64.1 Å². The molecule has 1 aromatic heterocycles. The van der Waals surface area contributed by atoms with Crippen molar-refractivity contribution in [1.82, 2.24) is 9.78 Å². The lowest BCUT2D eigenvalue weighted by Gasteiger charge is -2.12. The lowest BCUT2D eigenvalue weighted by Crippen LogP contribution is -2.21. The topological polar surface area (TPSA) is 53.4 Å². The average molecular weight is 309 g/mol. The van der Waals surface area contributed by atoms with E-state index in [9.17, 15) is 4.79 Å². The number of hydrogen-bond donors (Lipinski definition) is 0. The largest absolute Gasteiger partial charge is 0.493 e. The predicted octanol–water partition coefficient (Wildman–Crippen LogP) is 2.34. The van der Waals surface area contributed by atoms with Crippen LogP contribution in [0.5, 0.6) is 11.5 Å². The summed E-state index contributed by atoms with van der Waals surface area (Å²) in [4.78, 5) is 12.4. The Morgan fingerprint density at radius 1 is 1.09 bits per heavy atom. The molecule has 0 atom stereocenters. The van der Waals surface area contributed by atoms with Gasteiger partial charge in [-0.2, -0.15) is 5.10 Å². The van der Waals surface area contributed by atoms with Crippen LogP contribution in [-0.2, 0) is 13.5 Å². The van der Waals surface area contributed by atoms with Crippen LogP contribution in [0.25, 0.3) is 10.8 Å². The second kappa shape index (κ2) is 6.12. The van der Waals surface area contributed by atoms with E-state index in [2.05, 4.69) is 11.2 Å². The van der Waals surface area contributed by atoms with E-state index in [1.807, 2.05) is 30.3 Å². The van der Waals surface area contributed by atoms with Crippen LogP contribution in [0.4, 0.5) is 0 Å². The Kier molecular flexibility index (Phi) is 4.02. The van der Waals surface area contributed by atoms with Crippen molar-refractivity contribution in [2.75, 3.05) is 14.2 Å². The number of methoxy groups -OCH3 is 2. The molecule has 0 saturated carbocycles. The molecule has 3 rings (SSSR count). The molecule has 5 heteroatoms. The van der Waals surface area contributed by atoms with Crippen LogP contribution in [-0.4, -0.2) is 24.0 Å². The maximum atomic E-state index is 12.4. The molecule has 0 aliphatic rings. The Morgan fingerprint density at radius 2 is 1.70 bits per heavy atom. The smallest absolute Gasteiger partial charge is 0.274 e. The molecule has 1 radical (unpaired) electrons. The first-order valence-electron chi connectivity index (χ1n) is 7.21. The number of aryl methyl sites for hydroxylation is 1. The second-order valence-corrected chi connectivity index (χ2v) is 5.21. The van der Waals surface area contributed by atoms with Crippen molar-refractivity contribution in [3.8, 4) is 11.5 Å². The molecule has 0 fully saturated rings. The Morgan fingerprint density at radius 3 is 2.30 bits per heavy atom. The van der Waals surface area contributed by atoms with Crippen molar-refractivity contribution >= 4 is 10.8 Å². The summed E-state index contributed by atoms with van der Waals surface area (Å²) in [6.07, 6.45) is 0.620. The fourth-order valence-electron chi connectivity index (χ4n) is 2.61. The third kappa shape index (κ3) is 2.77. The maximum absolute atomic E-state index is 12.4. The molecule has 0 aliphatic carbocycles. The zero-order valence-electron chi connectivity index (χ0n) is 13.3. The normalized spacial score (nSPS) is 10.7. The summed E-state index contributed by atoms with van der Waals surface area (Å²) in [6, 6.07) is 14.2. The zero-order chi connectivity index (χ0) is 16.4. The zero-order valence-corrected chi connectivity index (χ0v) is 13.3. The summed E-state index contributed by atoms with van der Waals surface area (Å²) in [5.41, 5.74) is 1.76. The van der Waals surface area contributed by atoms with Crippen molar-refractivity contribution in [1.29, 1.82) is 0 Å². The van der Waals surface area contributed by atoms with Gasteiger partial charge in [0.05, 0.1) is 25.3 Å². The summed E-state index contributed by atoms with van der Waals surface area (Å²) in [6.45, 7) is 0. The Balaban J connectivity index is 2.25. The Labute approximate surface area is 134 Å². The van der Waals surface area contributed by atoms with Crippen LogP contribution in [0.15, 0.2) is 41.2 Å². The molecule has 1 heterocycles. The first-order valence-corrected chi connectivity index (χ1v) is 7.21. The van der Waals surface area contributed by atoms with Gasteiger partial charge in [0.15, 0.2) is 11.5 Å². The predicted molar refractivity (Wildman–Crippen MR) is 88.2 cm³/mol. The summed E-state index contributed by atoms with van der Waals surface area (Å²) < 4.78 is 12.0. The molecule has 0 N–H and O–H groups in total. The fourth-order valence-corrected chi connectivity index (χ4v) is 2.61. The van der Waals surface area contributed by atoms with Gasteiger partial charge in [-0.05, 0) is 23.8 Å². The lowest BCUT2D eigenvalue weighted by molar-refractivity contribution is 0.355. The molecular weight excluding hydrogens is 292 g/mol. The molecule has 0 saturated heterocycles. The monoisotopic (exact) mass is 309 g/mol. The highest BCUT2D eigenvalue weighted by atomic mass is 16.5. The number of ether oxygens (including phenoxy) is 2. The Hall–Kier alpha value is -2.82. The summed E-state index contributed by atoms with van der Waals surface area (Å²) in [5.74, 6) is 1.11. The van der Waals surface area contributed by atoms with E-state index in [1.165, 1.54) is 4.68 Å². The molecule has 2 aromatic carbocycles. The molecule has 117 valence electrons. The first kappa shape index (κ1) is 15.1. The van der Waals surface area contributed by atoms with E-state index < -0.39 is 0 Å². The number of benzene rings is 2. The number of hydrogen-bond acceptors (Lipinski definition) is 4. The highest BCUT2D eigenvalue weighted by Gasteiger charge is 2.14. The molecule has 0 unspecified atom stereocenters. The molecule has 23 heavy (non-hydrogen) atoms. The molecule has 5 nitrogen and oxygen atoms in total. The minimum atomic E-state index is -0.161. The quantitative estimate of drug-likeness (QED) is 0.742. The van der Waals surface area contributed by atoms with Gasteiger partial charge in [-0.1, -0.05) is 24.3 Å². The van der Waals surface area contributed by atoms with E-state index >= 15 is 0 Å². The van der Waals surface area contributed by atoms with Crippen LogP contribution in [0.1, 0.15) is 11.3 Å². The molecule has 0 spiro atoms. The maximum Gasteiger partial charge on any atom is 0.274 e. The van der Waals surface area contributed by atoms with Gasteiger partial charge in [-0.15, -0.1) is 0 Å². The van der Waals surface area contributed by atoms with Crippen LogP contribution in [0, 0.1) is 6.07 Å². The highest BCUT2D eigenvalue weighted by molar-refractivity contribution is 5.87. The average Bonchev–Trinajstić information content (AvgIpc) is 2.59. The SMILES string of the molecule is COc1cc2c(Cc3cc[c]cc3)nn(C)c(=O)c2cc1OC. The standard InChI is InChI=1S/C18H17N2O3/c1-20-18(21)14-11-17(23-3)16(22-2)10-13(14)15(19-20)9-12-7-5-4-6-8-12/h5-8,10-11H,9H2,1-3H3. The third-order valence-corrected chi connectivity index (χ3v) is 3.79. The van der Waals surface area contributed by atoms with E-state index in [4.69, 9.17) is 9.47 Å². The van der Waals surface area contributed by atoms with Gasteiger partial charge in [-0.25, -0.2) is 4.68 Å². The van der Waals surface area contributed by atoms with E-state index in [-0.39, 0.29) is 5.56 Å². The van der Waals surface area contributed by atoms with Gasteiger partial charge in [0, 0.05) is 18.9 Å². The van der Waals surface area contributed by atoms with Crippen molar-refractivity contribution in [2.45, 2.75) is 6.42 Å². The van der Waals surface area contributed by atoms with Gasteiger partial charge in [0.1, 0.15) is 0 Å². The molecule has 0 bridgehead atoms. The molecular formula is C18H17N2O3. The van der Waals surface area contributed by atoms with Gasteiger partial charge in [0.25, 0.3) is 5.56 Å². The van der Waals surface area contributed by atoms with Crippen molar-refractivity contribution < 1.29 is 9.47 Å². The lowest BCUT2D eigenvalue weighted by atomic mass is 10.0. The van der Waals surface area contributed by atoms with Gasteiger partial charge in [-0.3, -0.25) is 4.79 Å². The van der Waals surface area contributed by atoms with Crippen LogP contribution in [0.3, 0.4) is 0 Å². The third-order valence-electron chi connectivity index (χ3n) is 3.79. The number of rotatable bonds is 4. The number of aromatic nitrogens is 2. The minimum absolute atomic E-state index is 0.161. The van der Waals surface area contributed by atoms with Crippen molar-refractivity contribution in [2.24, 2.45) is 7.05 Å². The molecule has 3 aromatic rings. The second-order valence-electron chi connectivity index (χ2n) is 5.21. The highest BCUT2D eigenvalue weighted by Crippen LogP contribution is 2.32. The first-order chi connectivity index (χ1) is 11.1. The minimum Gasteiger partial charge on any atom is -0.493 e. The van der Waals surface area contributed by atoms with Crippen LogP contribution >= 0.6 is 0 Å². The van der Waals surface area contributed by atoms with E-state index in [1.54, 1.807) is 27.3 Å². The van der Waals surface area contributed by atoms with Crippen molar-refractivity contribution in [3.63, 3.8) is 0 Å². The van der Waals surface area contributed by atoms with Crippen LogP contribution in [0.2, 0.25) is 0 Å². The van der Waals surface area contributed by atoms with E-state index in [0.29, 0.717) is 23.3 Å². The summed E-state index contributed by atoms with van der Waals surface area (Å²) in [5, 5.41) is 5.77. The van der Waals surface area contributed by atoms with Gasteiger partial charge < -0.3 is 9.47 Å². The van der Waals surface area contributed by atoms with E-state index in [0.717, 1.165) is 16.6 Å². The number of nitrogens with zero attached hydrogens (tertiary/aromatic N) is 2. The number of fused-ring (bicyclic) bond motifs is 1. The Bertz CT molecular complexity index is 902. The van der Waals surface area contributed by atoms with Crippen LogP contribution < -0.4 is 15.0 Å². The van der Waals surface area contributed by atoms with Gasteiger partial charge >= 0.3 is 0 Å². The molecule has 0 amide bonds. The van der Waals surface area contributed by atoms with Gasteiger partial charge in [0.2, 0.25) is 0 Å².